The van der Waals surface area contributed by atoms with E-state index < -0.39 is 0 Å². The van der Waals surface area contributed by atoms with Crippen LogP contribution < -0.4 is 5.73 Å². The summed E-state index contributed by atoms with van der Waals surface area (Å²) in [5.74, 6) is 0.0165. The van der Waals surface area contributed by atoms with Crippen LogP contribution in [-0.4, -0.2) is 47.8 Å². The molecule has 0 bridgehead atoms. The van der Waals surface area contributed by atoms with Gasteiger partial charge in [0.1, 0.15) is 0 Å². The van der Waals surface area contributed by atoms with Gasteiger partial charge in [-0.1, -0.05) is 23.8 Å². The SMILES string of the molecule is Cc1cccc(C(=O)N2CCCN(C(=O)c3cc(N)ccc3C)CC2)c1.Cl. The summed E-state index contributed by atoms with van der Waals surface area (Å²) in [6.07, 6.45) is 0.769. The molecular weight excluding hydrogens is 362 g/mol. The Labute approximate surface area is 166 Å². The van der Waals surface area contributed by atoms with Crippen LogP contribution in [-0.2, 0) is 0 Å². The molecule has 1 saturated heterocycles. The van der Waals surface area contributed by atoms with Gasteiger partial charge in [0.15, 0.2) is 0 Å². The molecule has 144 valence electrons. The maximum Gasteiger partial charge on any atom is 0.254 e. The lowest BCUT2D eigenvalue weighted by Crippen LogP contribution is -2.37. The summed E-state index contributed by atoms with van der Waals surface area (Å²) in [6, 6.07) is 13.0. The third-order valence-corrected chi connectivity index (χ3v) is 4.83. The van der Waals surface area contributed by atoms with Crippen LogP contribution in [0, 0.1) is 13.8 Å². The number of hydrogen-bond donors (Lipinski definition) is 1. The van der Waals surface area contributed by atoms with Crippen LogP contribution in [0.1, 0.15) is 38.3 Å². The molecule has 0 aliphatic carbocycles. The second kappa shape index (κ2) is 8.91. The van der Waals surface area contributed by atoms with Crippen LogP contribution in [0.15, 0.2) is 42.5 Å². The Morgan fingerprint density at radius 3 is 2.22 bits per heavy atom. The van der Waals surface area contributed by atoms with Crippen LogP contribution >= 0.6 is 12.4 Å². The quantitative estimate of drug-likeness (QED) is 0.804. The molecule has 1 fully saturated rings. The van der Waals surface area contributed by atoms with Crippen molar-refractivity contribution in [3.8, 4) is 0 Å². The van der Waals surface area contributed by atoms with Gasteiger partial charge in [-0.3, -0.25) is 9.59 Å². The molecule has 1 aliphatic rings. The normalized spacial score (nSPS) is 14.3. The lowest BCUT2D eigenvalue weighted by atomic mass is 10.1. The Kier molecular flexibility index (Phi) is 6.86. The summed E-state index contributed by atoms with van der Waals surface area (Å²) in [4.78, 5) is 29.3. The van der Waals surface area contributed by atoms with Crippen molar-refractivity contribution < 1.29 is 9.59 Å². The van der Waals surface area contributed by atoms with Crippen molar-refractivity contribution in [2.75, 3.05) is 31.9 Å². The molecule has 0 aromatic heterocycles. The van der Waals surface area contributed by atoms with E-state index in [4.69, 9.17) is 5.73 Å². The highest BCUT2D eigenvalue weighted by atomic mass is 35.5. The highest BCUT2D eigenvalue weighted by molar-refractivity contribution is 5.97. The molecular formula is C21H26ClN3O2. The van der Waals surface area contributed by atoms with Gasteiger partial charge in [-0.25, -0.2) is 0 Å². The topological polar surface area (TPSA) is 66.6 Å². The number of rotatable bonds is 2. The molecule has 5 nitrogen and oxygen atoms in total. The number of nitrogens with zero attached hydrogens (tertiary/aromatic N) is 2. The molecule has 1 heterocycles. The van der Waals surface area contributed by atoms with E-state index in [-0.39, 0.29) is 24.2 Å². The molecule has 3 rings (SSSR count). The number of amides is 2. The zero-order valence-corrected chi connectivity index (χ0v) is 16.6. The number of benzene rings is 2. The summed E-state index contributed by atoms with van der Waals surface area (Å²) in [6.45, 7) is 6.27. The van der Waals surface area contributed by atoms with E-state index in [2.05, 4.69) is 0 Å². The lowest BCUT2D eigenvalue weighted by molar-refractivity contribution is 0.0718. The summed E-state index contributed by atoms with van der Waals surface area (Å²) in [5.41, 5.74) is 9.76. The maximum atomic E-state index is 12.9. The average molecular weight is 388 g/mol. The molecule has 0 unspecified atom stereocenters. The van der Waals surface area contributed by atoms with Gasteiger partial charge in [0.05, 0.1) is 0 Å². The van der Waals surface area contributed by atoms with Gasteiger partial charge in [-0.05, 0) is 50.1 Å². The first-order valence-electron chi connectivity index (χ1n) is 8.97. The third kappa shape index (κ3) is 4.80. The fourth-order valence-corrected chi connectivity index (χ4v) is 3.32. The molecule has 6 heteroatoms. The maximum absolute atomic E-state index is 12.9. The van der Waals surface area contributed by atoms with Crippen LogP contribution in [0.2, 0.25) is 0 Å². The molecule has 2 aromatic carbocycles. The van der Waals surface area contributed by atoms with Gasteiger partial charge in [0.25, 0.3) is 11.8 Å². The second-order valence-corrected chi connectivity index (χ2v) is 6.88. The predicted molar refractivity (Wildman–Crippen MR) is 110 cm³/mol. The van der Waals surface area contributed by atoms with E-state index in [1.54, 1.807) is 12.1 Å². The molecule has 0 radical (unpaired) electrons. The summed E-state index contributed by atoms with van der Waals surface area (Å²) < 4.78 is 0. The molecule has 2 N–H and O–H groups in total. The van der Waals surface area contributed by atoms with Crippen LogP contribution in [0.4, 0.5) is 5.69 Å². The molecule has 0 atom stereocenters. The number of halogens is 1. The van der Waals surface area contributed by atoms with Gasteiger partial charge < -0.3 is 15.5 Å². The largest absolute Gasteiger partial charge is 0.399 e. The molecule has 2 aromatic rings. The fraction of sp³-hybridized carbons (Fsp3) is 0.333. The average Bonchev–Trinajstić information content (AvgIpc) is 2.88. The van der Waals surface area contributed by atoms with Gasteiger partial charge >= 0.3 is 0 Å². The van der Waals surface area contributed by atoms with Gasteiger partial charge in [-0.15, -0.1) is 12.4 Å². The smallest absolute Gasteiger partial charge is 0.254 e. The Morgan fingerprint density at radius 2 is 1.56 bits per heavy atom. The summed E-state index contributed by atoms with van der Waals surface area (Å²) in [5, 5.41) is 0. The molecule has 27 heavy (non-hydrogen) atoms. The Bertz CT molecular complexity index is 838. The number of nitrogens with two attached hydrogens (primary N) is 1. The van der Waals surface area contributed by atoms with Gasteiger partial charge in [0.2, 0.25) is 0 Å². The molecule has 2 amide bonds. The van der Waals surface area contributed by atoms with Crippen LogP contribution in [0.3, 0.4) is 0 Å². The fourth-order valence-electron chi connectivity index (χ4n) is 3.32. The van der Waals surface area contributed by atoms with Gasteiger partial charge in [-0.2, -0.15) is 0 Å². The first-order chi connectivity index (χ1) is 12.5. The van der Waals surface area contributed by atoms with Crippen molar-refractivity contribution in [2.24, 2.45) is 0 Å². The number of carbonyl (C=O) groups excluding carboxylic acids is 2. The van der Waals surface area contributed by atoms with Crippen molar-refractivity contribution >= 4 is 29.9 Å². The molecule has 1 aliphatic heterocycles. The Balaban J connectivity index is 0.00000261. The Morgan fingerprint density at radius 1 is 0.889 bits per heavy atom. The number of aryl methyl sites for hydroxylation is 2. The standard InChI is InChI=1S/C21H25N3O2.ClH/c1-15-5-3-6-17(13-15)20(25)23-9-4-10-24(12-11-23)21(26)19-14-18(22)8-7-16(19)2;/h3,5-8,13-14H,4,9-12,22H2,1-2H3;1H. The van der Waals surface area contributed by atoms with E-state index in [0.29, 0.717) is 43.0 Å². The second-order valence-electron chi connectivity index (χ2n) is 6.88. The minimum absolute atomic E-state index is 0. The van der Waals surface area contributed by atoms with Crippen LogP contribution in [0.5, 0.6) is 0 Å². The third-order valence-electron chi connectivity index (χ3n) is 4.83. The molecule has 0 spiro atoms. The summed E-state index contributed by atoms with van der Waals surface area (Å²) in [7, 11) is 0. The highest BCUT2D eigenvalue weighted by Gasteiger charge is 2.24. The number of nitrogen functional groups attached to an aromatic ring is 1. The van der Waals surface area contributed by atoms with Crippen molar-refractivity contribution in [3.05, 3.63) is 64.7 Å². The van der Waals surface area contributed by atoms with E-state index in [0.717, 1.165) is 17.5 Å². The monoisotopic (exact) mass is 387 g/mol. The minimum Gasteiger partial charge on any atom is -0.399 e. The van der Waals surface area contributed by atoms with Crippen molar-refractivity contribution in [1.29, 1.82) is 0 Å². The minimum atomic E-state index is -0.0142. The zero-order chi connectivity index (χ0) is 18.7. The van der Waals surface area contributed by atoms with E-state index in [9.17, 15) is 9.59 Å². The number of hydrogen-bond acceptors (Lipinski definition) is 3. The summed E-state index contributed by atoms with van der Waals surface area (Å²) >= 11 is 0. The van der Waals surface area contributed by atoms with E-state index >= 15 is 0 Å². The number of carbonyl (C=O) groups is 2. The van der Waals surface area contributed by atoms with Gasteiger partial charge in [0, 0.05) is 43.0 Å². The first kappa shape index (κ1) is 20.8. The number of anilines is 1. The van der Waals surface area contributed by atoms with Crippen LogP contribution in [0.25, 0.3) is 0 Å². The molecule has 0 saturated carbocycles. The lowest BCUT2D eigenvalue weighted by Gasteiger charge is -2.23. The van der Waals surface area contributed by atoms with Crippen molar-refractivity contribution in [1.82, 2.24) is 9.80 Å². The Hall–Kier alpha value is -2.53. The van der Waals surface area contributed by atoms with Crippen molar-refractivity contribution in [2.45, 2.75) is 20.3 Å². The van der Waals surface area contributed by atoms with E-state index in [1.807, 2.05) is 54.0 Å². The van der Waals surface area contributed by atoms with E-state index in [1.165, 1.54) is 0 Å². The predicted octanol–water partition coefficient (Wildman–Crippen LogP) is 3.30. The highest BCUT2D eigenvalue weighted by Crippen LogP contribution is 2.17. The van der Waals surface area contributed by atoms with Crippen molar-refractivity contribution in [3.63, 3.8) is 0 Å². The zero-order valence-electron chi connectivity index (χ0n) is 15.8. The first-order valence-corrected chi connectivity index (χ1v) is 8.97.